The van der Waals surface area contributed by atoms with Crippen molar-refractivity contribution >= 4 is 61.8 Å². The molecule has 1 aliphatic rings. The summed E-state index contributed by atoms with van der Waals surface area (Å²) in [4.78, 5) is 0. The van der Waals surface area contributed by atoms with Crippen LogP contribution in [0.4, 0.5) is 0 Å². The fourth-order valence-electron chi connectivity index (χ4n) is 5.83. The molecule has 1 unspecified atom stereocenters. The van der Waals surface area contributed by atoms with Crippen molar-refractivity contribution in [2.45, 2.75) is 6.04 Å². The third kappa shape index (κ3) is 2.68. The molecule has 35 heavy (non-hydrogen) atoms. The van der Waals surface area contributed by atoms with Gasteiger partial charge in [-0.05, 0) is 0 Å². The van der Waals surface area contributed by atoms with Crippen LogP contribution in [0.3, 0.4) is 0 Å². The van der Waals surface area contributed by atoms with Crippen molar-refractivity contribution in [3.8, 4) is 5.69 Å². The molecule has 0 bridgehead atoms. The van der Waals surface area contributed by atoms with Crippen LogP contribution in [0.2, 0.25) is 0 Å². The van der Waals surface area contributed by atoms with Crippen molar-refractivity contribution in [1.82, 2.24) is 4.57 Å². The van der Waals surface area contributed by atoms with Gasteiger partial charge in [0.2, 0.25) is 0 Å². The van der Waals surface area contributed by atoms with Crippen molar-refractivity contribution < 1.29 is 4.57 Å². The first kappa shape index (κ1) is 19.4. The van der Waals surface area contributed by atoms with Gasteiger partial charge in [-0.3, -0.25) is 0 Å². The Morgan fingerprint density at radius 3 is 2.34 bits per heavy atom. The van der Waals surface area contributed by atoms with Gasteiger partial charge >= 0.3 is 209 Å². The summed E-state index contributed by atoms with van der Waals surface area (Å²) in [6.45, 7) is 0. The number of aromatic nitrogens is 2. The summed E-state index contributed by atoms with van der Waals surface area (Å²) in [5.41, 5.74) is 6.47. The summed E-state index contributed by atoms with van der Waals surface area (Å²) in [6.07, 6.45) is 7.01. The molecule has 164 valence electrons. The van der Waals surface area contributed by atoms with E-state index in [1.165, 1.54) is 58.0 Å². The average molecular weight is 512 g/mol. The molecule has 3 heterocycles. The fourth-order valence-corrected chi connectivity index (χ4v) is 8.37. The first-order valence-electron chi connectivity index (χ1n) is 12.0. The molecule has 0 spiro atoms. The Labute approximate surface area is 208 Å². The summed E-state index contributed by atoms with van der Waals surface area (Å²) >= 11 is 0.312. The summed E-state index contributed by atoms with van der Waals surface area (Å²) in [5.74, 6) is 0. The molecule has 2 nitrogen and oxygen atoms in total. The SMILES string of the molecule is C1=CC([n+]2cccc3c4ccccc4[se]c32)c2ccc3c4ccccc4n(-c4ccccc4)c3c21. The molecule has 1 atom stereocenters. The summed E-state index contributed by atoms with van der Waals surface area (Å²) in [6, 6.07) is 37.8. The normalized spacial score (nSPS) is 15.0. The minimum atomic E-state index is 0.211. The van der Waals surface area contributed by atoms with Gasteiger partial charge in [0.1, 0.15) is 0 Å². The first-order valence-corrected chi connectivity index (χ1v) is 13.7. The van der Waals surface area contributed by atoms with E-state index in [4.69, 9.17) is 0 Å². The van der Waals surface area contributed by atoms with Gasteiger partial charge in [-0.2, -0.15) is 0 Å². The average Bonchev–Trinajstić information content (AvgIpc) is 3.60. The van der Waals surface area contributed by atoms with Crippen molar-refractivity contribution in [2.24, 2.45) is 0 Å². The predicted molar refractivity (Wildman–Crippen MR) is 147 cm³/mol. The molecule has 3 heteroatoms. The van der Waals surface area contributed by atoms with E-state index < -0.39 is 0 Å². The Morgan fingerprint density at radius 1 is 0.657 bits per heavy atom. The van der Waals surface area contributed by atoms with Crippen LogP contribution in [0.1, 0.15) is 17.2 Å². The van der Waals surface area contributed by atoms with Crippen LogP contribution in [-0.2, 0) is 0 Å². The Balaban J connectivity index is 1.42. The number of fused-ring (bicyclic) bond motifs is 8. The maximum atomic E-state index is 2.51. The van der Waals surface area contributed by atoms with Gasteiger partial charge in [0.15, 0.2) is 0 Å². The quantitative estimate of drug-likeness (QED) is 0.173. The molecular formula is C32H21N2Se+. The van der Waals surface area contributed by atoms with Gasteiger partial charge in [0.25, 0.3) is 0 Å². The zero-order valence-electron chi connectivity index (χ0n) is 18.9. The van der Waals surface area contributed by atoms with Gasteiger partial charge in [-0.25, -0.2) is 0 Å². The summed E-state index contributed by atoms with van der Waals surface area (Å²) in [7, 11) is 0. The Bertz CT molecular complexity index is 1960. The van der Waals surface area contributed by atoms with E-state index in [1.54, 1.807) is 0 Å². The third-order valence-electron chi connectivity index (χ3n) is 7.35. The third-order valence-corrected chi connectivity index (χ3v) is 9.86. The number of hydrogen-bond acceptors (Lipinski definition) is 0. The van der Waals surface area contributed by atoms with E-state index in [0.29, 0.717) is 14.5 Å². The van der Waals surface area contributed by atoms with Gasteiger partial charge in [-0.1, -0.05) is 0 Å². The standard InChI is InChI=1S/C32H21N2Se/c1-2-9-21(10-3-1)34-29-14-6-4-11-22(29)25-17-16-23-26(31(25)34)18-19-28(23)33-20-8-13-27-24-12-5-7-15-30(24)35-32(27)33/h1-20,28H/q+1. The molecule has 7 aromatic rings. The van der Waals surface area contributed by atoms with Crippen LogP contribution >= 0.6 is 0 Å². The molecule has 8 rings (SSSR count). The molecule has 0 fully saturated rings. The van der Waals surface area contributed by atoms with E-state index in [1.807, 2.05) is 0 Å². The summed E-state index contributed by atoms with van der Waals surface area (Å²) < 4.78 is 7.90. The number of benzene rings is 4. The summed E-state index contributed by atoms with van der Waals surface area (Å²) in [5, 5.41) is 5.41. The molecule has 0 amide bonds. The van der Waals surface area contributed by atoms with Crippen LogP contribution in [0.15, 0.2) is 115 Å². The van der Waals surface area contributed by atoms with Crippen LogP contribution in [0, 0.1) is 0 Å². The molecular weight excluding hydrogens is 491 g/mol. The number of allylic oxidation sites excluding steroid dienone is 1. The number of hydrogen-bond donors (Lipinski definition) is 0. The second-order valence-corrected chi connectivity index (χ2v) is 11.4. The Kier molecular flexibility index (Phi) is 4.04. The van der Waals surface area contributed by atoms with E-state index in [2.05, 4.69) is 131 Å². The zero-order valence-corrected chi connectivity index (χ0v) is 20.6. The van der Waals surface area contributed by atoms with Gasteiger partial charge in [0.05, 0.1) is 0 Å². The molecule has 4 aromatic carbocycles. The number of pyridine rings is 1. The van der Waals surface area contributed by atoms with E-state index in [9.17, 15) is 0 Å². The Hall–Kier alpha value is -3.91. The van der Waals surface area contributed by atoms with Crippen molar-refractivity contribution in [2.75, 3.05) is 0 Å². The second kappa shape index (κ2) is 7.29. The molecule has 0 radical (unpaired) electrons. The zero-order chi connectivity index (χ0) is 22.9. The predicted octanol–water partition coefficient (Wildman–Crippen LogP) is 7.05. The second-order valence-electron chi connectivity index (χ2n) is 9.19. The fraction of sp³-hybridized carbons (Fsp3) is 0.0312. The van der Waals surface area contributed by atoms with Gasteiger partial charge in [-0.15, -0.1) is 0 Å². The topological polar surface area (TPSA) is 8.81 Å². The van der Waals surface area contributed by atoms with Crippen LogP contribution in [0.5, 0.6) is 0 Å². The van der Waals surface area contributed by atoms with Crippen LogP contribution in [-0.4, -0.2) is 19.1 Å². The van der Waals surface area contributed by atoms with Gasteiger partial charge in [0, 0.05) is 0 Å². The molecule has 0 saturated carbocycles. The van der Waals surface area contributed by atoms with Crippen LogP contribution in [0.25, 0.3) is 53.0 Å². The Morgan fingerprint density at radius 2 is 1.43 bits per heavy atom. The number of para-hydroxylation sites is 2. The first-order chi connectivity index (χ1) is 17.4. The van der Waals surface area contributed by atoms with E-state index >= 15 is 0 Å². The molecule has 0 saturated heterocycles. The minimum absolute atomic E-state index is 0.211. The molecule has 3 aromatic heterocycles. The molecule has 0 aliphatic heterocycles. The van der Waals surface area contributed by atoms with Gasteiger partial charge < -0.3 is 0 Å². The van der Waals surface area contributed by atoms with Crippen molar-refractivity contribution in [1.29, 1.82) is 0 Å². The van der Waals surface area contributed by atoms with E-state index in [0.717, 1.165) is 0 Å². The monoisotopic (exact) mass is 513 g/mol. The van der Waals surface area contributed by atoms with E-state index in [-0.39, 0.29) is 6.04 Å². The maximum absolute atomic E-state index is 2.51. The van der Waals surface area contributed by atoms with Crippen molar-refractivity contribution in [3.05, 3.63) is 127 Å². The molecule has 1 aliphatic carbocycles. The number of nitrogens with zero attached hydrogens (tertiary/aromatic N) is 2. The van der Waals surface area contributed by atoms with Crippen LogP contribution < -0.4 is 4.57 Å². The van der Waals surface area contributed by atoms with Crippen molar-refractivity contribution in [3.63, 3.8) is 0 Å². The molecule has 0 N–H and O–H groups in total. The number of rotatable bonds is 2.